The van der Waals surface area contributed by atoms with E-state index < -0.39 is 30.9 Å². The lowest BCUT2D eigenvalue weighted by molar-refractivity contribution is -0.183. The smallest absolute Gasteiger partial charge is 0.254 e. The Labute approximate surface area is 344 Å². The number of nitrogens with two attached hydrogens (primary N) is 1. The molecule has 2 aliphatic heterocycles. The molecule has 5 aliphatic rings. The highest BCUT2D eigenvalue weighted by molar-refractivity contribution is 5.98. The molecule has 2 bridgehead atoms. The van der Waals surface area contributed by atoms with E-state index >= 15 is 0 Å². The molecule has 10 atom stereocenters. The number of rotatable bonds is 13. The molecule has 5 N–H and O–H groups in total. The number of hydrogen-bond acceptors (Lipinski definition) is 10. The monoisotopic (exact) mass is 796 g/mol. The van der Waals surface area contributed by atoms with Crippen molar-refractivity contribution in [3.05, 3.63) is 83.4 Å². The SMILES string of the molecule is COc1c(CN2O[C@@H](CO)[C@@H]([C@H](N)O)[C@H]2C(=O)N[C@H]2C[C@H]3C[C@@H]([C@@H]2C)C3(C)C)cccc1-c1cc(C(=O)N2[C@H](CN(C)C)CC[C@@H]2c2ccccc2)cc(N(C)C)c1. The summed E-state index contributed by atoms with van der Waals surface area (Å²) in [6.07, 6.45) is 1.60. The van der Waals surface area contributed by atoms with E-state index in [0.29, 0.717) is 29.1 Å². The fraction of sp³-hybridized carbons (Fsp3) is 0.565. The predicted octanol–water partition coefficient (Wildman–Crippen LogP) is 4.89. The van der Waals surface area contributed by atoms with Crippen LogP contribution in [0.5, 0.6) is 5.75 Å². The number of amides is 2. The highest BCUT2D eigenvalue weighted by Crippen LogP contribution is 2.61. The number of likely N-dealkylation sites (tertiary alicyclic amines) is 1. The first-order valence-electron chi connectivity index (χ1n) is 20.9. The van der Waals surface area contributed by atoms with E-state index in [1.165, 1.54) is 6.42 Å². The van der Waals surface area contributed by atoms with E-state index in [1.807, 2.05) is 81.6 Å². The Balaban J connectivity index is 1.21. The number of methoxy groups -OCH3 is 1. The lowest BCUT2D eigenvalue weighted by atomic mass is 9.45. The van der Waals surface area contributed by atoms with Crippen LogP contribution in [0, 0.1) is 29.1 Å². The van der Waals surface area contributed by atoms with E-state index in [0.717, 1.165) is 53.7 Å². The highest BCUT2D eigenvalue weighted by atomic mass is 16.7. The van der Waals surface area contributed by atoms with Gasteiger partial charge >= 0.3 is 0 Å². The van der Waals surface area contributed by atoms with Crippen molar-refractivity contribution in [3.8, 4) is 16.9 Å². The van der Waals surface area contributed by atoms with Crippen molar-refractivity contribution in [2.75, 3.05) is 53.4 Å². The van der Waals surface area contributed by atoms with E-state index in [2.05, 4.69) is 54.1 Å². The molecule has 5 fully saturated rings. The lowest BCUT2D eigenvalue weighted by Crippen LogP contribution is -2.62. The Morgan fingerprint density at radius 3 is 2.40 bits per heavy atom. The topological polar surface area (TPSA) is 144 Å². The molecule has 3 aliphatic carbocycles. The Kier molecular flexibility index (Phi) is 12.3. The summed E-state index contributed by atoms with van der Waals surface area (Å²) in [7, 11) is 9.64. The minimum absolute atomic E-state index is 0.00435. The van der Waals surface area contributed by atoms with Gasteiger partial charge in [-0.2, -0.15) is 5.06 Å². The van der Waals surface area contributed by atoms with Crippen LogP contribution in [-0.2, 0) is 16.2 Å². The van der Waals surface area contributed by atoms with Crippen molar-refractivity contribution in [1.82, 2.24) is 20.2 Å². The molecule has 2 amide bonds. The number of likely N-dealkylation sites (N-methyl/N-ethyl adjacent to an activating group) is 1. The van der Waals surface area contributed by atoms with Crippen molar-refractivity contribution in [2.24, 2.45) is 34.8 Å². The number of nitrogens with zero attached hydrogens (tertiary/aromatic N) is 4. The molecule has 3 aromatic carbocycles. The van der Waals surface area contributed by atoms with Crippen LogP contribution in [0.3, 0.4) is 0 Å². The molecule has 0 unspecified atom stereocenters. The Morgan fingerprint density at radius 1 is 1.03 bits per heavy atom. The first-order valence-corrected chi connectivity index (χ1v) is 20.9. The maximum atomic E-state index is 14.8. The summed E-state index contributed by atoms with van der Waals surface area (Å²) < 4.78 is 6.15. The quantitative estimate of drug-likeness (QED) is 0.177. The van der Waals surface area contributed by atoms with Crippen LogP contribution in [-0.4, -0.2) is 116 Å². The molecule has 2 saturated heterocycles. The van der Waals surface area contributed by atoms with Gasteiger partial charge in [-0.05, 0) is 92.3 Å². The summed E-state index contributed by atoms with van der Waals surface area (Å²) in [4.78, 5) is 41.6. The van der Waals surface area contributed by atoms with E-state index in [-0.39, 0.29) is 41.9 Å². The zero-order chi connectivity index (χ0) is 41.6. The average Bonchev–Trinajstić information content (AvgIpc) is 3.79. The first-order chi connectivity index (χ1) is 27.6. The highest BCUT2D eigenvalue weighted by Gasteiger charge is 2.57. The van der Waals surface area contributed by atoms with Crippen molar-refractivity contribution in [1.29, 1.82) is 0 Å². The summed E-state index contributed by atoms with van der Waals surface area (Å²) in [5.41, 5.74) is 11.3. The van der Waals surface area contributed by atoms with Gasteiger partial charge in [0.2, 0.25) is 5.91 Å². The number of hydroxylamine groups is 2. The summed E-state index contributed by atoms with van der Waals surface area (Å²) >= 11 is 0. The zero-order valence-electron chi connectivity index (χ0n) is 35.5. The molecule has 2 heterocycles. The fourth-order valence-electron chi connectivity index (χ4n) is 10.8. The van der Waals surface area contributed by atoms with Crippen molar-refractivity contribution in [2.45, 2.75) is 89.5 Å². The van der Waals surface area contributed by atoms with E-state index in [4.69, 9.17) is 15.3 Å². The maximum Gasteiger partial charge on any atom is 0.254 e. The molecule has 0 aromatic heterocycles. The van der Waals surface area contributed by atoms with E-state index in [9.17, 15) is 19.8 Å². The third-order valence-electron chi connectivity index (χ3n) is 14.0. The van der Waals surface area contributed by atoms with Gasteiger partial charge in [-0.3, -0.25) is 14.4 Å². The van der Waals surface area contributed by atoms with Gasteiger partial charge in [-0.25, -0.2) is 0 Å². The number of anilines is 1. The summed E-state index contributed by atoms with van der Waals surface area (Å²) in [5.74, 6) is 0.779. The predicted molar refractivity (Wildman–Crippen MR) is 226 cm³/mol. The number of nitrogens with one attached hydrogen (secondary N) is 1. The minimum Gasteiger partial charge on any atom is -0.496 e. The van der Waals surface area contributed by atoms with Gasteiger partial charge in [0.1, 0.15) is 24.1 Å². The van der Waals surface area contributed by atoms with Gasteiger partial charge < -0.3 is 40.7 Å². The third kappa shape index (κ3) is 7.87. The number of aliphatic hydroxyl groups is 2. The molecule has 0 spiro atoms. The summed E-state index contributed by atoms with van der Waals surface area (Å²) in [6, 6.07) is 21.1. The molecule has 12 heteroatoms. The molecule has 3 aromatic rings. The maximum absolute atomic E-state index is 14.8. The number of fused-ring (bicyclic) bond motifs is 2. The van der Waals surface area contributed by atoms with Crippen molar-refractivity contribution in [3.63, 3.8) is 0 Å². The number of carbonyl (C=O) groups is 2. The molecule has 12 nitrogen and oxygen atoms in total. The largest absolute Gasteiger partial charge is 0.496 e. The van der Waals surface area contributed by atoms with Gasteiger partial charge in [-0.15, -0.1) is 0 Å². The normalized spacial score (nSPS) is 29.6. The number of aliphatic hydroxyl groups excluding tert-OH is 2. The lowest BCUT2D eigenvalue weighted by Gasteiger charge is -2.62. The Hall–Kier alpha value is -4.04. The second-order valence-electron chi connectivity index (χ2n) is 18.3. The second kappa shape index (κ2) is 16.9. The first kappa shape index (κ1) is 42.1. The molecule has 8 rings (SSSR count). The summed E-state index contributed by atoms with van der Waals surface area (Å²) in [5, 5.41) is 26.0. The van der Waals surface area contributed by atoms with Gasteiger partial charge in [0.25, 0.3) is 5.91 Å². The number of para-hydroxylation sites is 1. The van der Waals surface area contributed by atoms with Crippen LogP contribution in [0.15, 0.2) is 66.7 Å². The molecular weight excluding hydrogens is 733 g/mol. The number of ether oxygens (including phenoxy) is 1. The van der Waals surface area contributed by atoms with Crippen LogP contribution in [0.4, 0.5) is 5.69 Å². The van der Waals surface area contributed by atoms with Crippen LogP contribution in [0.1, 0.15) is 74.0 Å². The van der Waals surface area contributed by atoms with Crippen molar-refractivity contribution < 1.29 is 29.4 Å². The number of hydrogen-bond donors (Lipinski definition) is 4. The van der Waals surface area contributed by atoms with Gasteiger partial charge in [0.05, 0.1) is 32.2 Å². The summed E-state index contributed by atoms with van der Waals surface area (Å²) in [6.45, 7) is 7.34. The number of benzene rings is 3. The minimum atomic E-state index is -1.40. The van der Waals surface area contributed by atoms with Crippen LogP contribution >= 0.6 is 0 Å². The van der Waals surface area contributed by atoms with Crippen LogP contribution < -0.4 is 20.7 Å². The van der Waals surface area contributed by atoms with Gasteiger partial charge in [-0.1, -0.05) is 69.3 Å². The zero-order valence-corrected chi connectivity index (χ0v) is 35.5. The molecular formula is C46H64N6O6. The van der Waals surface area contributed by atoms with Crippen LogP contribution in [0.2, 0.25) is 0 Å². The van der Waals surface area contributed by atoms with Crippen molar-refractivity contribution >= 4 is 17.5 Å². The van der Waals surface area contributed by atoms with Crippen LogP contribution in [0.25, 0.3) is 11.1 Å². The van der Waals surface area contributed by atoms with Gasteiger partial charge in [0, 0.05) is 55.1 Å². The molecule has 0 radical (unpaired) electrons. The Morgan fingerprint density at radius 2 is 1.78 bits per heavy atom. The Bertz CT molecular complexity index is 1940. The fourth-order valence-corrected chi connectivity index (χ4v) is 10.8. The molecule has 58 heavy (non-hydrogen) atoms. The third-order valence-corrected chi connectivity index (χ3v) is 14.0. The van der Waals surface area contributed by atoms with E-state index in [1.54, 1.807) is 12.2 Å². The van der Waals surface area contributed by atoms with Gasteiger partial charge in [0.15, 0.2) is 0 Å². The molecule has 3 saturated carbocycles. The number of carbonyl (C=O) groups excluding carboxylic acids is 2. The molecule has 314 valence electrons. The average molecular weight is 797 g/mol. The standard InChI is InChI=1S/C46H64N6O6/c1-27-36-22-32(46(36,2)3)23-37(27)48-44(55)41-40(43(47)54)39(26-53)58-51(41)24-29-15-12-16-35(42(29)57-8)30-19-31(21-34(20-30)50(6)7)45(56)52-33(25-49(4)5)17-18-38(52)28-13-10-9-11-14-28/h9-16,19-21,27,32-33,36-41,43,53-54H,17-18,22-26,47H2,1-8H3,(H,48,55)/t27-,32+,33-,36-,37-,38+,39-,40+,41-,43+/m0/s1. The second-order valence-corrected chi connectivity index (χ2v) is 18.3.